The lowest BCUT2D eigenvalue weighted by atomic mass is 9.68. The van der Waals surface area contributed by atoms with E-state index in [9.17, 15) is 10.1 Å². The van der Waals surface area contributed by atoms with Gasteiger partial charge in [0.15, 0.2) is 0 Å². The topological polar surface area (TPSA) is 139 Å². The van der Waals surface area contributed by atoms with Crippen molar-refractivity contribution in [2.75, 3.05) is 39.4 Å². The molecule has 0 aliphatic carbocycles. The predicted octanol–water partition coefficient (Wildman–Crippen LogP) is 0.683. The summed E-state index contributed by atoms with van der Waals surface area (Å²) in [5, 5.41) is 16.0. The van der Waals surface area contributed by atoms with Crippen LogP contribution in [0.4, 0.5) is 0 Å². The molecule has 34 heavy (non-hydrogen) atoms. The Bertz CT molecular complexity index is 726. The molecule has 5 aliphatic heterocycles. The third-order valence-electron chi connectivity index (χ3n) is 8.84. The van der Waals surface area contributed by atoms with E-state index in [0.29, 0.717) is 32.1 Å². The molecule has 6 N–H and O–H groups in total. The lowest BCUT2D eigenvalue weighted by Crippen LogP contribution is -2.64. The second kappa shape index (κ2) is 11.6. The van der Waals surface area contributed by atoms with Gasteiger partial charge < -0.3 is 31.6 Å². The van der Waals surface area contributed by atoms with E-state index in [2.05, 4.69) is 28.5 Å². The van der Waals surface area contributed by atoms with Crippen molar-refractivity contribution in [2.45, 2.75) is 88.7 Å². The van der Waals surface area contributed by atoms with Crippen molar-refractivity contribution >= 4 is 5.91 Å². The zero-order valence-corrected chi connectivity index (χ0v) is 20.7. The summed E-state index contributed by atoms with van der Waals surface area (Å²) in [4.78, 5) is 16.2. The molecule has 0 aromatic heterocycles. The van der Waals surface area contributed by atoms with Crippen LogP contribution in [0.1, 0.15) is 58.3 Å². The number of hydrogen-bond donors (Lipinski definition) is 4. The highest BCUT2D eigenvalue weighted by atomic mass is 16.6. The number of nitriles is 1. The molecule has 5 aliphatic rings. The minimum absolute atomic E-state index is 0.0102. The Morgan fingerprint density at radius 1 is 1.35 bits per heavy atom. The molecule has 5 heterocycles. The van der Waals surface area contributed by atoms with E-state index in [1.807, 2.05) is 0 Å². The number of hydrogen-bond acceptors (Lipinski definition) is 8. The fourth-order valence-electron chi connectivity index (χ4n) is 6.58. The van der Waals surface area contributed by atoms with Crippen molar-refractivity contribution < 1.29 is 14.3 Å². The van der Waals surface area contributed by atoms with Gasteiger partial charge in [-0.15, -0.1) is 0 Å². The number of nitrogens with one attached hydrogen (secondary N) is 2. The third-order valence-corrected chi connectivity index (χ3v) is 8.84. The molecule has 192 valence electrons. The molecule has 7 unspecified atom stereocenters. The minimum Gasteiger partial charge on any atom is -0.376 e. The first-order chi connectivity index (χ1) is 16.4. The first-order valence-corrected chi connectivity index (χ1v) is 13.3. The van der Waals surface area contributed by atoms with E-state index in [0.717, 1.165) is 64.6 Å². The molecule has 5 saturated heterocycles. The third kappa shape index (κ3) is 5.92. The summed E-state index contributed by atoms with van der Waals surface area (Å²) in [5.74, 6) is -0.234. The molecule has 5 fully saturated rings. The minimum atomic E-state index is -0.744. The molecule has 7 atom stereocenters. The van der Waals surface area contributed by atoms with Crippen LogP contribution in [-0.2, 0) is 14.3 Å². The summed E-state index contributed by atoms with van der Waals surface area (Å²) in [6.45, 7) is 6.85. The van der Waals surface area contributed by atoms with Gasteiger partial charge in [-0.2, -0.15) is 5.26 Å². The molecular formula is C25H44N6O3. The van der Waals surface area contributed by atoms with Crippen LogP contribution in [0.15, 0.2) is 0 Å². The number of amides is 1. The Hall–Kier alpha value is -1.28. The maximum Gasteiger partial charge on any atom is 0.227 e. The maximum atomic E-state index is 13.8. The second-order valence-corrected chi connectivity index (χ2v) is 11.0. The lowest BCUT2D eigenvalue weighted by molar-refractivity contribution is -0.166. The zero-order valence-electron chi connectivity index (χ0n) is 20.7. The van der Waals surface area contributed by atoms with Gasteiger partial charge in [-0.1, -0.05) is 19.8 Å². The molecule has 9 heteroatoms. The summed E-state index contributed by atoms with van der Waals surface area (Å²) in [6, 6.07) is 2.25. The Labute approximate surface area is 204 Å². The molecule has 0 aromatic rings. The normalized spacial score (nSPS) is 37.7. The van der Waals surface area contributed by atoms with Crippen molar-refractivity contribution in [1.29, 1.82) is 5.26 Å². The van der Waals surface area contributed by atoms with Crippen LogP contribution in [0, 0.1) is 28.6 Å². The van der Waals surface area contributed by atoms with Crippen molar-refractivity contribution in [3.05, 3.63) is 0 Å². The summed E-state index contributed by atoms with van der Waals surface area (Å²) >= 11 is 0. The van der Waals surface area contributed by atoms with Gasteiger partial charge in [0, 0.05) is 25.6 Å². The van der Waals surface area contributed by atoms with Crippen molar-refractivity contribution in [3.8, 4) is 6.07 Å². The summed E-state index contributed by atoms with van der Waals surface area (Å²) in [7, 11) is 0. The van der Waals surface area contributed by atoms with Crippen LogP contribution in [-0.4, -0.2) is 80.7 Å². The van der Waals surface area contributed by atoms with Crippen LogP contribution in [0.5, 0.6) is 0 Å². The Morgan fingerprint density at radius 3 is 2.85 bits per heavy atom. The molecule has 9 nitrogen and oxygen atoms in total. The van der Waals surface area contributed by atoms with Gasteiger partial charge in [-0.05, 0) is 56.5 Å². The summed E-state index contributed by atoms with van der Waals surface area (Å²) in [5.41, 5.74) is 12.9. The van der Waals surface area contributed by atoms with Gasteiger partial charge in [0.25, 0.3) is 0 Å². The quantitative estimate of drug-likeness (QED) is 0.375. The first kappa shape index (κ1) is 25.8. The van der Waals surface area contributed by atoms with Crippen LogP contribution in [0.3, 0.4) is 0 Å². The Kier molecular flexibility index (Phi) is 8.83. The SMILES string of the molecule is CCC12CCCC(CC#N)CN(CC1)C(C(C(=O)NC1CNCCC1OC1COC1)C(N)N)C2. The highest BCUT2D eigenvalue weighted by molar-refractivity contribution is 5.80. The molecule has 2 bridgehead atoms. The van der Waals surface area contributed by atoms with Crippen LogP contribution in [0.2, 0.25) is 0 Å². The van der Waals surface area contributed by atoms with E-state index in [4.69, 9.17) is 20.9 Å². The van der Waals surface area contributed by atoms with Crippen LogP contribution >= 0.6 is 0 Å². The number of ether oxygens (including phenoxy) is 2. The molecule has 0 radical (unpaired) electrons. The molecule has 0 saturated carbocycles. The number of fused-ring (bicyclic) bond motifs is 6. The molecule has 1 amide bonds. The number of nitrogens with zero attached hydrogens (tertiary/aromatic N) is 2. The van der Waals surface area contributed by atoms with Crippen LogP contribution < -0.4 is 22.1 Å². The second-order valence-electron chi connectivity index (χ2n) is 11.0. The van der Waals surface area contributed by atoms with E-state index < -0.39 is 12.1 Å². The van der Waals surface area contributed by atoms with E-state index >= 15 is 0 Å². The largest absolute Gasteiger partial charge is 0.376 e. The first-order valence-electron chi connectivity index (χ1n) is 13.3. The summed E-state index contributed by atoms with van der Waals surface area (Å²) < 4.78 is 11.5. The van der Waals surface area contributed by atoms with Gasteiger partial charge in [0.1, 0.15) is 6.10 Å². The highest BCUT2D eigenvalue weighted by Gasteiger charge is 2.46. The maximum absolute atomic E-state index is 13.8. The van der Waals surface area contributed by atoms with E-state index in [1.165, 1.54) is 0 Å². The van der Waals surface area contributed by atoms with Gasteiger partial charge in [-0.3, -0.25) is 9.69 Å². The lowest BCUT2D eigenvalue weighted by Gasteiger charge is -2.49. The zero-order chi connectivity index (χ0) is 24.1. The van der Waals surface area contributed by atoms with Gasteiger partial charge >= 0.3 is 0 Å². The average molecular weight is 477 g/mol. The van der Waals surface area contributed by atoms with Crippen molar-refractivity contribution in [3.63, 3.8) is 0 Å². The van der Waals surface area contributed by atoms with Gasteiger partial charge in [0.05, 0.1) is 43.5 Å². The Morgan fingerprint density at radius 2 is 2.18 bits per heavy atom. The number of nitrogens with two attached hydrogens (primary N) is 2. The number of piperidine rings is 2. The molecule has 5 rings (SSSR count). The van der Waals surface area contributed by atoms with E-state index in [-0.39, 0.29) is 35.6 Å². The summed E-state index contributed by atoms with van der Waals surface area (Å²) in [6.07, 6.45) is 7.29. The predicted molar refractivity (Wildman–Crippen MR) is 129 cm³/mol. The highest BCUT2D eigenvalue weighted by Crippen LogP contribution is 2.46. The number of rotatable bonds is 8. The molecule has 0 spiro atoms. The standard InChI is InChI=1S/C25H44N6O3/c1-2-25-7-3-4-17(5-9-26)14-31(11-8-25)20(12-25)22(23(27)28)24(32)30-19-13-29-10-6-21(19)34-18-15-33-16-18/h17-23,29H,2-8,10-16,27-28H2,1H3,(H,30,32). The van der Waals surface area contributed by atoms with Crippen LogP contribution in [0.25, 0.3) is 0 Å². The number of carbonyl (C=O) groups excluding carboxylic acids is 1. The average Bonchev–Trinajstić information content (AvgIpc) is 2.91. The number of carbonyl (C=O) groups is 1. The van der Waals surface area contributed by atoms with Crippen molar-refractivity contribution in [2.24, 2.45) is 28.7 Å². The molecule has 0 aromatic carbocycles. The van der Waals surface area contributed by atoms with Gasteiger partial charge in [-0.25, -0.2) is 0 Å². The molecular weight excluding hydrogens is 432 g/mol. The van der Waals surface area contributed by atoms with Gasteiger partial charge in [0.2, 0.25) is 5.91 Å². The van der Waals surface area contributed by atoms with E-state index in [1.54, 1.807) is 0 Å². The Balaban J connectivity index is 1.51. The smallest absolute Gasteiger partial charge is 0.227 e. The van der Waals surface area contributed by atoms with Crippen molar-refractivity contribution in [1.82, 2.24) is 15.5 Å². The fraction of sp³-hybridized carbons (Fsp3) is 0.920. The fourth-order valence-corrected chi connectivity index (χ4v) is 6.58. The monoisotopic (exact) mass is 476 g/mol.